The Morgan fingerprint density at radius 2 is 2.25 bits per heavy atom. The highest BCUT2D eigenvalue weighted by atomic mass is 16.5. The van der Waals surface area contributed by atoms with Gasteiger partial charge in [0, 0.05) is 25.4 Å². The maximum Gasteiger partial charge on any atom is 0.183 e. The van der Waals surface area contributed by atoms with Gasteiger partial charge < -0.3 is 19.5 Å². The van der Waals surface area contributed by atoms with Gasteiger partial charge >= 0.3 is 0 Å². The van der Waals surface area contributed by atoms with Gasteiger partial charge in [-0.3, -0.25) is 4.98 Å². The number of nitrogens with zero attached hydrogens (tertiary/aromatic N) is 1. The predicted molar refractivity (Wildman–Crippen MR) is 77.3 cm³/mol. The molecule has 5 nitrogen and oxygen atoms in total. The SMILES string of the molecule is COc1ccnc(CNCCC2CCCCO2)c1OC. The Morgan fingerprint density at radius 1 is 1.35 bits per heavy atom. The standard InChI is InChI=1S/C15H24N2O3/c1-18-14-7-9-17-13(15(14)19-2)11-16-8-6-12-5-3-4-10-20-12/h7,9,12,16H,3-6,8,10-11H2,1-2H3. The van der Waals surface area contributed by atoms with Gasteiger partial charge in [0.2, 0.25) is 0 Å². The molecule has 0 aromatic carbocycles. The summed E-state index contributed by atoms with van der Waals surface area (Å²) >= 11 is 0. The summed E-state index contributed by atoms with van der Waals surface area (Å²) in [5.41, 5.74) is 0.872. The molecule has 20 heavy (non-hydrogen) atoms. The van der Waals surface area contributed by atoms with E-state index in [0.29, 0.717) is 18.4 Å². The molecule has 0 amide bonds. The molecule has 1 unspecified atom stereocenters. The number of hydrogen-bond donors (Lipinski definition) is 1. The Morgan fingerprint density at radius 3 is 2.95 bits per heavy atom. The van der Waals surface area contributed by atoms with Crippen LogP contribution in [0.25, 0.3) is 0 Å². The van der Waals surface area contributed by atoms with E-state index in [4.69, 9.17) is 14.2 Å². The van der Waals surface area contributed by atoms with Crippen LogP contribution in [0.3, 0.4) is 0 Å². The fraction of sp³-hybridized carbons (Fsp3) is 0.667. The van der Waals surface area contributed by atoms with Gasteiger partial charge in [-0.25, -0.2) is 0 Å². The van der Waals surface area contributed by atoms with E-state index in [0.717, 1.165) is 31.0 Å². The lowest BCUT2D eigenvalue weighted by atomic mass is 10.1. The first kappa shape index (κ1) is 15.1. The number of hydrogen-bond acceptors (Lipinski definition) is 5. The maximum absolute atomic E-state index is 5.71. The third-order valence-electron chi connectivity index (χ3n) is 3.58. The minimum Gasteiger partial charge on any atom is -0.493 e. The Balaban J connectivity index is 1.78. The lowest BCUT2D eigenvalue weighted by Gasteiger charge is -2.22. The molecular weight excluding hydrogens is 256 g/mol. The highest BCUT2D eigenvalue weighted by Crippen LogP contribution is 2.28. The van der Waals surface area contributed by atoms with E-state index in [2.05, 4.69) is 10.3 Å². The molecule has 1 atom stereocenters. The zero-order chi connectivity index (χ0) is 14.2. The number of nitrogens with one attached hydrogen (secondary N) is 1. The van der Waals surface area contributed by atoms with Crippen molar-refractivity contribution in [3.05, 3.63) is 18.0 Å². The van der Waals surface area contributed by atoms with Crippen molar-refractivity contribution in [2.24, 2.45) is 0 Å². The molecule has 2 heterocycles. The summed E-state index contributed by atoms with van der Waals surface area (Å²) in [5, 5.41) is 3.40. The van der Waals surface area contributed by atoms with Crippen molar-refractivity contribution in [1.82, 2.24) is 10.3 Å². The Labute approximate surface area is 120 Å². The van der Waals surface area contributed by atoms with Crippen molar-refractivity contribution in [2.45, 2.75) is 38.3 Å². The first-order chi connectivity index (χ1) is 9.85. The minimum absolute atomic E-state index is 0.413. The lowest BCUT2D eigenvalue weighted by Crippen LogP contribution is -2.25. The molecule has 0 aliphatic carbocycles. The zero-order valence-electron chi connectivity index (χ0n) is 12.4. The van der Waals surface area contributed by atoms with Gasteiger partial charge in [0.05, 0.1) is 26.0 Å². The van der Waals surface area contributed by atoms with Gasteiger partial charge in [0.25, 0.3) is 0 Å². The van der Waals surface area contributed by atoms with Crippen LogP contribution in [0.4, 0.5) is 0 Å². The van der Waals surface area contributed by atoms with Crippen LogP contribution in [0, 0.1) is 0 Å². The Hall–Kier alpha value is -1.33. The van der Waals surface area contributed by atoms with Crippen molar-refractivity contribution in [1.29, 1.82) is 0 Å². The number of rotatable bonds is 7. The second-order valence-electron chi connectivity index (χ2n) is 4.95. The molecule has 1 aromatic heterocycles. The van der Waals surface area contributed by atoms with Crippen LogP contribution in [0.5, 0.6) is 11.5 Å². The van der Waals surface area contributed by atoms with Crippen molar-refractivity contribution >= 4 is 0 Å². The molecular formula is C15H24N2O3. The van der Waals surface area contributed by atoms with Gasteiger partial charge in [-0.15, -0.1) is 0 Å². The highest BCUT2D eigenvalue weighted by Gasteiger charge is 2.14. The van der Waals surface area contributed by atoms with E-state index >= 15 is 0 Å². The van der Waals surface area contributed by atoms with Crippen LogP contribution in [0.15, 0.2) is 12.3 Å². The quantitative estimate of drug-likeness (QED) is 0.776. The van der Waals surface area contributed by atoms with E-state index in [9.17, 15) is 0 Å². The van der Waals surface area contributed by atoms with Gasteiger partial charge in [-0.05, 0) is 32.2 Å². The minimum atomic E-state index is 0.413. The molecule has 1 aromatic rings. The average Bonchev–Trinajstić information content (AvgIpc) is 2.52. The molecule has 112 valence electrons. The van der Waals surface area contributed by atoms with E-state index in [1.54, 1.807) is 26.5 Å². The van der Waals surface area contributed by atoms with Gasteiger partial charge in [0.15, 0.2) is 11.5 Å². The lowest BCUT2D eigenvalue weighted by molar-refractivity contribution is 0.0115. The molecule has 0 bridgehead atoms. The number of aromatic nitrogens is 1. The topological polar surface area (TPSA) is 52.6 Å². The van der Waals surface area contributed by atoms with Crippen molar-refractivity contribution in [3.8, 4) is 11.5 Å². The zero-order valence-corrected chi connectivity index (χ0v) is 12.4. The molecule has 1 aliphatic rings. The highest BCUT2D eigenvalue weighted by molar-refractivity contribution is 5.42. The molecule has 1 aliphatic heterocycles. The summed E-state index contributed by atoms with van der Waals surface area (Å²) in [6.07, 6.45) is 6.87. The van der Waals surface area contributed by atoms with Crippen LogP contribution >= 0.6 is 0 Å². The second kappa shape index (κ2) is 8.07. The summed E-state index contributed by atoms with van der Waals surface area (Å²) in [7, 11) is 3.27. The molecule has 0 radical (unpaired) electrons. The molecule has 5 heteroatoms. The smallest absolute Gasteiger partial charge is 0.183 e. The molecule has 1 N–H and O–H groups in total. The molecule has 2 rings (SSSR count). The first-order valence-electron chi connectivity index (χ1n) is 7.23. The summed E-state index contributed by atoms with van der Waals surface area (Å²) < 4.78 is 16.3. The van der Waals surface area contributed by atoms with E-state index in [1.165, 1.54) is 19.3 Å². The van der Waals surface area contributed by atoms with E-state index < -0.39 is 0 Å². The largest absolute Gasteiger partial charge is 0.493 e. The first-order valence-corrected chi connectivity index (χ1v) is 7.23. The van der Waals surface area contributed by atoms with Crippen LogP contribution in [-0.2, 0) is 11.3 Å². The van der Waals surface area contributed by atoms with Gasteiger partial charge in [0.1, 0.15) is 0 Å². The Bertz CT molecular complexity index is 406. The molecule has 1 saturated heterocycles. The summed E-state index contributed by atoms with van der Waals surface area (Å²) in [6, 6.07) is 1.80. The fourth-order valence-corrected chi connectivity index (χ4v) is 2.48. The number of methoxy groups -OCH3 is 2. The van der Waals surface area contributed by atoms with E-state index in [-0.39, 0.29) is 0 Å². The summed E-state index contributed by atoms with van der Waals surface area (Å²) in [4.78, 5) is 4.34. The third kappa shape index (κ3) is 4.08. The van der Waals surface area contributed by atoms with Crippen LogP contribution in [0.1, 0.15) is 31.4 Å². The second-order valence-corrected chi connectivity index (χ2v) is 4.95. The van der Waals surface area contributed by atoms with Gasteiger partial charge in [-0.1, -0.05) is 0 Å². The number of ether oxygens (including phenoxy) is 3. The predicted octanol–water partition coefficient (Wildman–Crippen LogP) is 2.15. The maximum atomic E-state index is 5.71. The van der Waals surface area contributed by atoms with Crippen LogP contribution in [-0.4, -0.2) is 38.5 Å². The third-order valence-corrected chi connectivity index (χ3v) is 3.58. The fourth-order valence-electron chi connectivity index (χ4n) is 2.48. The molecule has 1 fully saturated rings. The number of pyridine rings is 1. The monoisotopic (exact) mass is 280 g/mol. The van der Waals surface area contributed by atoms with Crippen molar-refractivity contribution < 1.29 is 14.2 Å². The van der Waals surface area contributed by atoms with E-state index in [1.807, 2.05) is 0 Å². The van der Waals surface area contributed by atoms with Crippen molar-refractivity contribution in [3.63, 3.8) is 0 Å². The molecule has 0 saturated carbocycles. The molecule has 0 spiro atoms. The average molecular weight is 280 g/mol. The normalized spacial score (nSPS) is 18.8. The summed E-state index contributed by atoms with van der Waals surface area (Å²) in [6.45, 7) is 2.51. The summed E-state index contributed by atoms with van der Waals surface area (Å²) in [5.74, 6) is 1.42. The van der Waals surface area contributed by atoms with Crippen molar-refractivity contribution in [2.75, 3.05) is 27.4 Å². The Kier molecular flexibility index (Phi) is 6.08. The van der Waals surface area contributed by atoms with Crippen LogP contribution < -0.4 is 14.8 Å². The van der Waals surface area contributed by atoms with Gasteiger partial charge in [-0.2, -0.15) is 0 Å². The van der Waals surface area contributed by atoms with Crippen LogP contribution in [0.2, 0.25) is 0 Å².